The van der Waals surface area contributed by atoms with Crippen LogP contribution in [0.2, 0.25) is 0 Å². The molecule has 0 bridgehead atoms. The van der Waals surface area contributed by atoms with Gasteiger partial charge in [-0.3, -0.25) is 4.57 Å². The summed E-state index contributed by atoms with van der Waals surface area (Å²) in [5, 5.41) is 4.94. The minimum atomic E-state index is 0.926. The minimum absolute atomic E-state index is 0.926. The van der Waals surface area contributed by atoms with E-state index >= 15 is 0 Å². The van der Waals surface area contributed by atoms with Gasteiger partial charge in [0.15, 0.2) is 0 Å². The van der Waals surface area contributed by atoms with Crippen molar-refractivity contribution in [3.63, 3.8) is 0 Å². The second kappa shape index (κ2) is 11.3. The van der Waals surface area contributed by atoms with Gasteiger partial charge in [0.25, 0.3) is 0 Å². The van der Waals surface area contributed by atoms with Crippen molar-refractivity contribution in [2.75, 3.05) is 0 Å². The minimum Gasteiger partial charge on any atom is -0.292 e. The first-order valence-electron chi connectivity index (χ1n) is 16.1. The zero-order valence-electron chi connectivity index (χ0n) is 25.7. The molecule has 2 heteroatoms. The van der Waals surface area contributed by atoms with Gasteiger partial charge in [-0.2, -0.15) is 0 Å². The molecule has 0 N–H and O–H groups in total. The Morgan fingerprint density at radius 1 is 0.340 bits per heavy atom. The summed E-state index contributed by atoms with van der Waals surface area (Å²) in [4.78, 5) is 5.23. The molecule has 0 aliphatic carbocycles. The molecule has 1 aromatic heterocycles. The van der Waals surface area contributed by atoms with Gasteiger partial charge in [0.1, 0.15) is 5.82 Å². The number of aromatic nitrogens is 2. The van der Waals surface area contributed by atoms with Crippen molar-refractivity contribution in [2.24, 2.45) is 0 Å². The van der Waals surface area contributed by atoms with Crippen molar-refractivity contribution in [1.29, 1.82) is 0 Å². The maximum Gasteiger partial charge on any atom is 0.145 e. The molecule has 0 amide bonds. The molecule has 9 aromatic rings. The number of nitrogens with zero attached hydrogens (tertiary/aromatic N) is 2. The Morgan fingerprint density at radius 3 is 1.43 bits per heavy atom. The van der Waals surface area contributed by atoms with Crippen LogP contribution in [0.1, 0.15) is 0 Å². The van der Waals surface area contributed by atoms with E-state index in [1.165, 1.54) is 54.9 Å². The van der Waals surface area contributed by atoms with E-state index in [2.05, 4.69) is 187 Å². The molecule has 0 radical (unpaired) electrons. The molecule has 0 fully saturated rings. The fraction of sp³-hybridized carbons (Fsp3) is 0. The summed E-state index contributed by atoms with van der Waals surface area (Å²) < 4.78 is 2.34. The van der Waals surface area contributed by atoms with Crippen LogP contribution in [0.15, 0.2) is 182 Å². The van der Waals surface area contributed by atoms with Gasteiger partial charge in [-0.05, 0) is 79.2 Å². The predicted octanol–water partition coefficient (Wildman–Crippen LogP) is 12.0. The molecule has 1 heterocycles. The molecule has 0 saturated carbocycles. The van der Waals surface area contributed by atoms with Gasteiger partial charge in [0.2, 0.25) is 0 Å². The molecule has 0 unspecified atom stereocenters. The van der Waals surface area contributed by atoms with Gasteiger partial charge in [0.05, 0.1) is 11.0 Å². The van der Waals surface area contributed by atoms with Crippen LogP contribution in [0.4, 0.5) is 0 Å². The zero-order chi connectivity index (χ0) is 31.2. The van der Waals surface area contributed by atoms with Crippen LogP contribution in [-0.4, -0.2) is 9.55 Å². The quantitative estimate of drug-likeness (QED) is 0.180. The Balaban J connectivity index is 1.40. The molecule has 0 saturated heterocycles. The lowest BCUT2D eigenvalue weighted by Gasteiger charge is -2.19. The summed E-state index contributed by atoms with van der Waals surface area (Å²) in [6.45, 7) is 0. The first-order chi connectivity index (χ1) is 23.3. The highest BCUT2D eigenvalue weighted by molar-refractivity contribution is 6.21. The highest BCUT2D eigenvalue weighted by Crippen LogP contribution is 2.44. The molecule has 0 aliphatic rings. The first-order valence-corrected chi connectivity index (χ1v) is 16.1. The van der Waals surface area contributed by atoms with Crippen molar-refractivity contribution in [3.05, 3.63) is 182 Å². The molecule has 9 rings (SSSR count). The number of imidazole rings is 1. The smallest absolute Gasteiger partial charge is 0.145 e. The SMILES string of the molecule is c1ccc(-c2ccc3nc(-c4ccccc4)n(-c4ccc5c(-c6ccccc6)c6ccccc6c(-c6ccccc6)c5c4)c3c2)cc1. The maximum atomic E-state index is 5.23. The van der Waals surface area contributed by atoms with Gasteiger partial charge >= 0.3 is 0 Å². The molecule has 0 aliphatic heterocycles. The molecular formula is C45H30N2. The normalized spacial score (nSPS) is 11.4. The van der Waals surface area contributed by atoms with Crippen molar-refractivity contribution in [3.8, 4) is 50.5 Å². The van der Waals surface area contributed by atoms with Crippen LogP contribution < -0.4 is 0 Å². The van der Waals surface area contributed by atoms with E-state index in [0.29, 0.717) is 0 Å². The highest BCUT2D eigenvalue weighted by atomic mass is 15.1. The van der Waals surface area contributed by atoms with E-state index in [4.69, 9.17) is 4.98 Å². The fourth-order valence-electron chi connectivity index (χ4n) is 7.06. The average molecular weight is 599 g/mol. The molecule has 0 spiro atoms. The summed E-state index contributed by atoms with van der Waals surface area (Å²) in [5.41, 5.74) is 11.5. The zero-order valence-corrected chi connectivity index (χ0v) is 25.7. The second-order valence-electron chi connectivity index (χ2n) is 12.0. The summed E-state index contributed by atoms with van der Waals surface area (Å²) in [6, 6.07) is 65.1. The topological polar surface area (TPSA) is 17.8 Å². The Labute approximate surface area is 273 Å². The van der Waals surface area contributed by atoms with E-state index in [9.17, 15) is 0 Å². The van der Waals surface area contributed by atoms with Crippen LogP contribution in [0.3, 0.4) is 0 Å². The third-order valence-corrected chi connectivity index (χ3v) is 9.18. The molecule has 2 nitrogen and oxygen atoms in total. The highest BCUT2D eigenvalue weighted by Gasteiger charge is 2.20. The van der Waals surface area contributed by atoms with E-state index < -0.39 is 0 Å². The standard InChI is InChI=1S/C45H30N2/c1-5-15-31(16-6-1)35-25-28-41-42(29-35)47(45(46-41)34-21-11-4-12-22-34)36-26-27-39-40(30-36)44(33-19-9-3-10-20-33)38-24-14-13-23-37(38)43(39)32-17-7-2-8-18-32/h1-30H. The molecule has 0 atom stereocenters. The van der Waals surface area contributed by atoms with E-state index in [-0.39, 0.29) is 0 Å². The Morgan fingerprint density at radius 2 is 0.830 bits per heavy atom. The van der Waals surface area contributed by atoms with Gasteiger partial charge in [-0.15, -0.1) is 0 Å². The van der Waals surface area contributed by atoms with Crippen molar-refractivity contribution in [2.45, 2.75) is 0 Å². The summed E-state index contributed by atoms with van der Waals surface area (Å²) in [7, 11) is 0. The number of fused-ring (bicyclic) bond motifs is 3. The number of hydrogen-bond donors (Lipinski definition) is 0. The lowest BCUT2D eigenvalue weighted by Crippen LogP contribution is -1.99. The van der Waals surface area contributed by atoms with Crippen LogP contribution in [0, 0.1) is 0 Å². The second-order valence-corrected chi connectivity index (χ2v) is 12.0. The molecular weight excluding hydrogens is 569 g/mol. The van der Waals surface area contributed by atoms with E-state index in [1.807, 2.05) is 0 Å². The summed E-state index contributed by atoms with van der Waals surface area (Å²) in [5.74, 6) is 0.926. The number of hydrogen-bond acceptors (Lipinski definition) is 1. The molecule has 8 aromatic carbocycles. The summed E-state index contributed by atoms with van der Waals surface area (Å²) in [6.07, 6.45) is 0. The lowest BCUT2D eigenvalue weighted by molar-refractivity contribution is 1.11. The predicted molar refractivity (Wildman–Crippen MR) is 198 cm³/mol. The van der Waals surface area contributed by atoms with Gasteiger partial charge < -0.3 is 0 Å². The Hall–Kier alpha value is -6.25. The van der Waals surface area contributed by atoms with Crippen molar-refractivity contribution >= 4 is 32.6 Å². The number of rotatable bonds is 5. The van der Waals surface area contributed by atoms with Gasteiger partial charge in [0, 0.05) is 11.3 Å². The largest absolute Gasteiger partial charge is 0.292 e. The third-order valence-electron chi connectivity index (χ3n) is 9.18. The van der Waals surface area contributed by atoms with Crippen molar-refractivity contribution < 1.29 is 0 Å². The number of benzene rings is 8. The van der Waals surface area contributed by atoms with Crippen LogP contribution in [0.5, 0.6) is 0 Å². The average Bonchev–Trinajstić information content (AvgIpc) is 3.54. The van der Waals surface area contributed by atoms with Crippen molar-refractivity contribution in [1.82, 2.24) is 9.55 Å². The molecule has 47 heavy (non-hydrogen) atoms. The lowest BCUT2D eigenvalue weighted by atomic mass is 9.86. The fourth-order valence-corrected chi connectivity index (χ4v) is 7.06. The Kier molecular flexibility index (Phi) is 6.50. The van der Waals surface area contributed by atoms with Crippen LogP contribution >= 0.6 is 0 Å². The first kappa shape index (κ1) is 27.1. The van der Waals surface area contributed by atoms with Crippen LogP contribution in [-0.2, 0) is 0 Å². The summed E-state index contributed by atoms with van der Waals surface area (Å²) >= 11 is 0. The monoisotopic (exact) mass is 598 g/mol. The van der Waals surface area contributed by atoms with E-state index in [1.54, 1.807) is 0 Å². The van der Waals surface area contributed by atoms with Gasteiger partial charge in [-0.1, -0.05) is 158 Å². The Bertz CT molecular complexity index is 2530. The van der Waals surface area contributed by atoms with Gasteiger partial charge in [-0.25, -0.2) is 4.98 Å². The molecule has 220 valence electrons. The van der Waals surface area contributed by atoms with E-state index in [0.717, 1.165) is 28.1 Å². The van der Waals surface area contributed by atoms with Crippen LogP contribution in [0.25, 0.3) is 83.0 Å². The third kappa shape index (κ3) is 4.62. The maximum absolute atomic E-state index is 5.23.